The van der Waals surface area contributed by atoms with Crippen LogP contribution in [0, 0.1) is 0 Å². The molecule has 4 nitrogen and oxygen atoms in total. The maximum absolute atomic E-state index is 11.4. The Labute approximate surface area is 102 Å². The van der Waals surface area contributed by atoms with Gasteiger partial charge in [0, 0.05) is 7.11 Å². The third-order valence-corrected chi connectivity index (χ3v) is 2.42. The molecule has 0 aliphatic carbocycles. The Bertz CT molecular complexity index is 327. The van der Waals surface area contributed by atoms with Crippen LogP contribution >= 0.6 is 0 Å². The molecule has 0 radical (unpaired) electrons. The SMILES string of the molecule is COCCOC(=O)[C@@H](N)CCc1ccccc1. The Hall–Kier alpha value is -1.39. The fourth-order valence-electron chi connectivity index (χ4n) is 1.42. The molecule has 0 aromatic heterocycles. The molecule has 0 saturated heterocycles. The number of carbonyl (C=O) groups excluding carboxylic acids is 1. The summed E-state index contributed by atoms with van der Waals surface area (Å²) in [6.07, 6.45) is 1.37. The summed E-state index contributed by atoms with van der Waals surface area (Å²) in [6.45, 7) is 0.658. The first-order valence-electron chi connectivity index (χ1n) is 5.69. The zero-order valence-electron chi connectivity index (χ0n) is 10.1. The van der Waals surface area contributed by atoms with Crippen LogP contribution in [0.3, 0.4) is 0 Å². The first kappa shape index (κ1) is 13.7. The molecule has 2 N–H and O–H groups in total. The molecule has 0 heterocycles. The van der Waals surface area contributed by atoms with E-state index in [1.54, 1.807) is 7.11 Å². The summed E-state index contributed by atoms with van der Waals surface area (Å²) in [4.78, 5) is 11.4. The molecule has 0 aliphatic heterocycles. The van der Waals surface area contributed by atoms with Gasteiger partial charge in [-0.05, 0) is 18.4 Å². The van der Waals surface area contributed by atoms with Crippen molar-refractivity contribution in [2.24, 2.45) is 5.73 Å². The van der Waals surface area contributed by atoms with Gasteiger partial charge in [0.25, 0.3) is 0 Å². The van der Waals surface area contributed by atoms with Crippen molar-refractivity contribution in [3.63, 3.8) is 0 Å². The highest BCUT2D eigenvalue weighted by molar-refractivity contribution is 5.75. The molecule has 1 atom stereocenters. The molecule has 17 heavy (non-hydrogen) atoms. The predicted octanol–water partition coefficient (Wildman–Crippen LogP) is 1.14. The van der Waals surface area contributed by atoms with Gasteiger partial charge in [-0.3, -0.25) is 4.79 Å². The maximum atomic E-state index is 11.4. The zero-order valence-corrected chi connectivity index (χ0v) is 10.1. The largest absolute Gasteiger partial charge is 0.462 e. The summed E-state index contributed by atoms with van der Waals surface area (Å²) in [7, 11) is 1.56. The van der Waals surface area contributed by atoms with Crippen molar-refractivity contribution in [1.82, 2.24) is 0 Å². The number of esters is 1. The number of benzene rings is 1. The van der Waals surface area contributed by atoms with Gasteiger partial charge in [-0.25, -0.2) is 0 Å². The van der Waals surface area contributed by atoms with Crippen LogP contribution in [0.25, 0.3) is 0 Å². The number of aryl methyl sites for hydroxylation is 1. The molecule has 4 heteroatoms. The van der Waals surface area contributed by atoms with Crippen LogP contribution in [0.5, 0.6) is 0 Å². The third-order valence-electron chi connectivity index (χ3n) is 2.42. The smallest absolute Gasteiger partial charge is 0.323 e. The average Bonchev–Trinajstić information content (AvgIpc) is 2.37. The number of nitrogens with two attached hydrogens (primary N) is 1. The van der Waals surface area contributed by atoms with Crippen LogP contribution in [-0.4, -0.2) is 32.3 Å². The second-order valence-corrected chi connectivity index (χ2v) is 3.79. The lowest BCUT2D eigenvalue weighted by Gasteiger charge is -2.11. The first-order chi connectivity index (χ1) is 8.24. The van der Waals surface area contributed by atoms with Gasteiger partial charge in [-0.2, -0.15) is 0 Å². The minimum atomic E-state index is -0.563. The molecule has 0 amide bonds. The Kier molecular flexibility index (Phi) is 6.29. The van der Waals surface area contributed by atoms with Gasteiger partial charge < -0.3 is 15.2 Å². The van der Waals surface area contributed by atoms with E-state index in [0.717, 1.165) is 6.42 Å². The summed E-state index contributed by atoms with van der Waals surface area (Å²) in [6, 6.07) is 9.37. The van der Waals surface area contributed by atoms with Crippen molar-refractivity contribution < 1.29 is 14.3 Å². The zero-order chi connectivity index (χ0) is 12.5. The predicted molar refractivity (Wildman–Crippen MR) is 65.6 cm³/mol. The van der Waals surface area contributed by atoms with Gasteiger partial charge in [0.1, 0.15) is 12.6 Å². The summed E-state index contributed by atoms with van der Waals surface area (Å²) in [5, 5.41) is 0. The first-order valence-corrected chi connectivity index (χ1v) is 5.69. The Balaban J connectivity index is 2.24. The summed E-state index contributed by atoms with van der Waals surface area (Å²) in [5.41, 5.74) is 6.91. The monoisotopic (exact) mass is 237 g/mol. The second-order valence-electron chi connectivity index (χ2n) is 3.79. The number of methoxy groups -OCH3 is 1. The second kappa shape index (κ2) is 7.81. The molecular formula is C13H19NO3. The molecule has 0 fully saturated rings. The number of rotatable bonds is 7. The van der Waals surface area contributed by atoms with Gasteiger partial charge in [-0.1, -0.05) is 30.3 Å². The highest BCUT2D eigenvalue weighted by Crippen LogP contribution is 2.04. The summed E-state index contributed by atoms with van der Waals surface area (Å²) in [5.74, 6) is -0.363. The van der Waals surface area contributed by atoms with E-state index < -0.39 is 6.04 Å². The van der Waals surface area contributed by atoms with Crippen LogP contribution in [-0.2, 0) is 20.7 Å². The maximum Gasteiger partial charge on any atom is 0.323 e. The van der Waals surface area contributed by atoms with Crippen LogP contribution < -0.4 is 5.73 Å². The molecule has 0 aliphatic rings. The van der Waals surface area contributed by atoms with Crippen molar-refractivity contribution >= 4 is 5.97 Å². The van der Waals surface area contributed by atoms with E-state index in [0.29, 0.717) is 13.0 Å². The summed E-state index contributed by atoms with van der Waals surface area (Å²) < 4.78 is 9.73. The normalized spacial score (nSPS) is 12.1. The molecule has 0 unspecified atom stereocenters. The van der Waals surface area contributed by atoms with E-state index in [1.165, 1.54) is 5.56 Å². The fraction of sp³-hybridized carbons (Fsp3) is 0.462. The molecule has 0 bridgehead atoms. The minimum absolute atomic E-state index is 0.258. The van der Waals surface area contributed by atoms with Crippen molar-refractivity contribution in [2.45, 2.75) is 18.9 Å². The van der Waals surface area contributed by atoms with E-state index in [9.17, 15) is 4.79 Å². The highest BCUT2D eigenvalue weighted by atomic mass is 16.6. The quantitative estimate of drug-likeness (QED) is 0.570. The van der Waals surface area contributed by atoms with Crippen LogP contribution in [0.4, 0.5) is 0 Å². The van der Waals surface area contributed by atoms with E-state index >= 15 is 0 Å². The number of ether oxygens (including phenoxy) is 2. The third kappa shape index (κ3) is 5.47. The molecule has 1 rings (SSSR count). The van der Waals surface area contributed by atoms with Crippen molar-refractivity contribution in [3.05, 3.63) is 35.9 Å². The van der Waals surface area contributed by atoms with Gasteiger partial charge in [-0.15, -0.1) is 0 Å². The van der Waals surface area contributed by atoms with E-state index in [1.807, 2.05) is 30.3 Å². The fourth-order valence-corrected chi connectivity index (χ4v) is 1.42. The van der Waals surface area contributed by atoms with Crippen LogP contribution in [0.15, 0.2) is 30.3 Å². The van der Waals surface area contributed by atoms with Gasteiger partial charge in [0.2, 0.25) is 0 Å². The summed E-state index contributed by atoms with van der Waals surface area (Å²) >= 11 is 0. The van der Waals surface area contributed by atoms with E-state index in [2.05, 4.69) is 0 Å². The Morgan fingerprint density at radius 2 is 2.00 bits per heavy atom. The lowest BCUT2D eigenvalue weighted by molar-refractivity contribution is -0.146. The number of carbonyl (C=O) groups is 1. The highest BCUT2D eigenvalue weighted by Gasteiger charge is 2.14. The number of hydrogen-bond donors (Lipinski definition) is 1. The molecule has 94 valence electrons. The Morgan fingerprint density at radius 1 is 1.29 bits per heavy atom. The van der Waals surface area contributed by atoms with Gasteiger partial charge in [0.15, 0.2) is 0 Å². The van der Waals surface area contributed by atoms with Gasteiger partial charge >= 0.3 is 5.97 Å². The number of hydrogen-bond acceptors (Lipinski definition) is 4. The molecule has 0 spiro atoms. The van der Waals surface area contributed by atoms with E-state index in [-0.39, 0.29) is 12.6 Å². The van der Waals surface area contributed by atoms with Crippen molar-refractivity contribution in [3.8, 4) is 0 Å². The van der Waals surface area contributed by atoms with Crippen LogP contribution in [0.2, 0.25) is 0 Å². The van der Waals surface area contributed by atoms with E-state index in [4.69, 9.17) is 15.2 Å². The molecular weight excluding hydrogens is 218 g/mol. The Morgan fingerprint density at radius 3 is 2.65 bits per heavy atom. The standard InChI is InChI=1S/C13H19NO3/c1-16-9-10-17-13(15)12(14)8-7-11-5-3-2-4-6-11/h2-6,12H,7-10,14H2,1H3/t12-/m0/s1. The lowest BCUT2D eigenvalue weighted by Crippen LogP contribution is -2.33. The molecule has 1 aromatic rings. The van der Waals surface area contributed by atoms with Crippen molar-refractivity contribution in [1.29, 1.82) is 0 Å². The average molecular weight is 237 g/mol. The van der Waals surface area contributed by atoms with Crippen LogP contribution in [0.1, 0.15) is 12.0 Å². The van der Waals surface area contributed by atoms with Gasteiger partial charge in [0.05, 0.1) is 6.61 Å². The lowest BCUT2D eigenvalue weighted by atomic mass is 10.1. The molecule has 1 aromatic carbocycles. The minimum Gasteiger partial charge on any atom is -0.462 e. The topological polar surface area (TPSA) is 61.5 Å². The molecule has 0 saturated carbocycles. The van der Waals surface area contributed by atoms with Crippen molar-refractivity contribution in [2.75, 3.05) is 20.3 Å².